The molecule has 0 amide bonds. The first-order chi connectivity index (χ1) is 7.68. The summed E-state index contributed by atoms with van der Waals surface area (Å²) in [6.07, 6.45) is 0.696. The number of carboxylic acid groups (broad SMARTS) is 1. The molecule has 3 rings (SSSR count). The van der Waals surface area contributed by atoms with Crippen molar-refractivity contribution in [1.82, 2.24) is 4.57 Å². The van der Waals surface area contributed by atoms with Gasteiger partial charge in [0.1, 0.15) is 0 Å². The van der Waals surface area contributed by atoms with Gasteiger partial charge in [-0.2, -0.15) is 0 Å². The van der Waals surface area contributed by atoms with E-state index in [2.05, 4.69) is 20.5 Å². The number of fused-ring (bicyclic) bond motifs is 3. The molecule has 2 heterocycles. The zero-order chi connectivity index (χ0) is 11.3. The maximum Gasteiger partial charge on any atom is 0.312 e. The highest BCUT2D eigenvalue weighted by molar-refractivity contribution is 9.10. The first-order valence-electron chi connectivity index (χ1n) is 5.19. The molecule has 0 bridgehead atoms. The molecule has 1 aliphatic heterocycles. The van der Waals surface area contributed by atoms with Gasteiger partial charge in [0.15, 0.2) is 0 Å². The number of hydrogen-bond donors (Lipinski definition) is 1. The molecule has 1 atom stereocenters. The van der Waals surface area contributed by atoms with Crippen LogP contribution in [0.4, 0.5) is 0 Å². The minimum absolute atomic E-state index is 0.348. The number of halogens is 1. The average Bonchev–Trinajstić information content (AvgIpc) is 2.74. The van der Waals surface area contributed by atoms with E-state index in [0.717, 1.165) is 27.6 Å². The fraction of sp³-hybridized carbons (Fsp3) is 0.250. The van der Waals surface area contributed by atoms with Crippen LogP contribution in [0.1, 0.15) is 18.0 Å². The number of hydrogen-bond acceptors (Lipinski definition) is 1. The van der Waals surface area contributed by atoms with E-state index in [4.69, 9.17) is 5.11 Å². The number of aliphatic carboxylic acids is 1. The largest absolute Gasteiger partial charge is 0.481 e. The lowest BCUT2D eigenvalue weighted by Crippen LogP contribution is -2.07. The van der Waals surface area contributed by atoms with Crippen molar-refractivity contribution in [3.05, 3.63) is 34.4 Å². The Morgan fingerprint density at radius 3 is 3.06 bits per heavy atom. The van der Waals surface area contributed by atoms with Crippen molar-refractivity contribution in [2.75, 3.05) is 0 Å². The Hall–Kier alpha value is -1.29. The average molecular weight is 280 g/mol. The minimum atomic E-state index is -0.724. The van der Waals surface area contributed by atoms with E-state index in [9.17, 15) is 4.79 Å². The molecule has 2 aromatic rings. The Kier molecular flexibility index (Phi) is 2.07. The van der Waals surface area contributed by atoms with E-state index in [0.29, 0.717) is 6.42 Å². The number of nitrogens with zero attached hydrogens (tertiary/aromatic N) is 1. The zero-order valence-electron chi connectivity index (χ0n) is 8.48. The van der Waals surface area contributed by atoms with Crippen molar-refractivity contribution >= 4 is 32.8 Å². The van der Waals surface area contributed by atoms with Crippen LogP contribution in [0.2, 0.25) is 0 Å². The van der Waals surface area contributed by atoms with Crippen molar-refractivity contribution in [2.45, 2.75) is 18.9 Å². The quantitative estimate of drug-likeness (QED) is 0.872. The predicted octanol–water partition coefficient (Wildman–Crippen LogP) is 2.98. The van der Waals surface area contributed by atoms with Gasteiger partial charge in [-0.3, -0.25) is 4.79 Å². The monoisotopic (exact) mass is 279 g/mol. The topological polar surface area (TPSA) is 42.2 Å². The van der Waals surface area contributed by atoms with Gasteiger partial charge < -0.3 is 9.67 Å². The zero-order valence-corrected chi connectivity index (χ0v) is 10.1. The first-order valence-corrected chi connectivity index (χ1v) is 5.98. The summed E-state index contributed by atoms with van der Waals surface area (Å²) in [5, 5.41) is 10.2. The fourth-order valence-corrected chi connectivity index (χ4v) is 3.08. The molecule has 4 heteroatoms. The molecule has 1 aromatic carbocycles. The summed E-state index contributed by atoms with van der Waals surface area (Å²) >= 11 is 3.52. The molecule has 0 aliphatic carbocycles. The van der Waals surface area contributed by atoms with E-state index in [1.54, 1.807) is 0 Å². The molecule has 0 saturated carbocycles. The highest BCUT2D eigenvalue weighted by Gasteiger charge is 2.30. The minimum Gasteiger partial charge on any atom is -0.481 e. The van der Waals surface area contributed by atoms with Crippen molar-refractivity contribution in [3.63, 3.8) is 0 Å². The Labute approximate surface area is 101 Å². The van der Waals surface area contributed by atoms with E-state index >= 15 is 0 Å². The highest BCUT2D eigenvalue weighted by Crippen LogP contribution is 2.36. The van der Waals surface area contributed by atoms with Gasteiger partial charge in [0, 0.05) is 22.1 Å². The molecule has 0 radical (unpaired) electrons. The Morgan fingerprint density at radius 1 is 1.50 bits per heavy atom. The van der Waals surface area contributed by atoms with Gasteiger partial charge in [-0.05, 0) is 34.5 Å². The smallest absolute Gasteiger partial charge is 0.312 e. The number of carbonyl (C=O) groups is 1. The third kappa shape index (κ3) is 1.23. The molecule has 1 aliphatic rings. The number of aryl methyl sites for hydroxylation is 1. The van der Waals surface area contributed by atoms with Gasteiger partial charge in [-0.25, -0.2) is 0 Å². The second kappa shape index (κ2) is 3.35. The van der Waals surface area contributed by atoms with Crippen LogP contribution in [0.25, 0.3) is 10.9 Å². The molecule has 0 fully saturated rings. The van der Waals surface area contributed by atoms with Crippen molar-refractivity contribution < 1.29 is 9.90 Å². The van der Waals surface area contributed by atoms with Gasteiger partial charge >= 0.3 is 5.97 Å². The number of aromatic nitrogens is 1. The Bertz CT molecular complexity index is 588. The van der Waals surface area contributed by atoms with Crippen molar-refractivity contribution in [3.8, 4) is 0 Å². The molecule has 3 nitrogen and oxygen atoms in total. The SMILES string of the molecule is O=C(O)C1CCn2c1cc1cccc(Br)c12. The standard InChI is InChI=1S/C12H10BrNO2/c13-9-3-1-2-7-6-10-8(12(15)16)4-5-14(10)11(7)9/h1-3,6,8H,4-5H2,(H,15,16). The predicted molar refractivity (Wildman–Crippen MR) is 64.6 cm³/mol. The summed E-state index contributed by atoms with van der Waals surface area (Å²) in [5.74, 6) is -1.07. The lowest BCUT2D eigenvalue weighted by molar-refractivity contribution is -0.138. The number of benzene rings is 1. The lowest BCUT2D eigenvalue weighted by atomic mass is 10.1. The normalized spacial score (nSPS) is 18.9. The Morgan fingerprint density at radius 2 is 2.31 bits per heavy atom. The third-order valence-electron chi connectivity index (χ3n) is 3.20. The van der Waals surface area contributed by atoms with Crippen molar-refractivity contribution in [2.24, 2.45) is 0 Å². The third-order valence-corrected chi connectivity index (χ3v) is 3.84. The number of rotatable bonds is 1. The summed E-state index contributed by atoms with van der Waals surface area (Å²) in [5.41, 5.74) is 2.04. The summed E-state index contributed by atoms with van der Waals surface area (Å²) in [4.78, 5) is 11.1. The molecule has 16 heavy (non-hydrogen) atoms. The van der Waals surface area contributed by atoms with Crippen LogP contribution in [-0.4, -0.2) is 15.6 Å². The van der Waals surface area contributed by atoms with Gasteiger partial charge in [0.05, 0.1) is 11.4 Å². The Balaban J connectivity index is 2.29. The molecule has 1 aromatic heterocycles. The van der Waals surface area contributed by atoms with Crippen LogP contribution >= 0.6 is 15.9 Å². The van der Waals surface area contributed by atoms with E-state index in [1.165, 1.54) is 0 Å². The lowest BCUT2D eigenvalue weighted by Gasteiger charge is -2.02. The number of carboxylic acids is 1. The summed E-state index contributed by atoms with van der Waals surface area (Å²) in [6, 6.07) is 7.97. The highest BCUT2D eigenvalue weighted by atomic mass is 79.9. The molecule has 0 spiro atoms. The molecular weight excluding hydrogens is 270 g/mol. The van der Waals surface area contributed by atoms with Crippen molar-refractivity contribution in [1.29, 1.82) is 0 Å². The molecule has 82 valence electrons. The fourth-order valence-electron chi connectivity index (χ4n) is 2.49. The van der Waals surface area contributed by atoms with Gasteiger partial charge in [-0.15, -0.1) is 0 Å². The molecule has 1 N–H and O–H groups in total. The first kappa shape index (κ1) is 9.90. The van der Waals surface area contributed by atoms with Crippen LogP contribution in [0.15, 0.2) is 28.7 Å². The van der Waals surface area contributed by atoms with Crippen LogP contribution in [0.5, 0.6) is 0 Å². The van der Waals surface area contributed by atoms with Gasteiger partial charge in [0.2, 0.25) is 0 Å². The summed E-state index contributed by atoms with van der Waals surface area (Å²) in [7, 11) is 0. The second-order valence-electron chi connectivity index (χ2n) is 4.08. The van der Waals surface area contributed by atoms with Gasteiger partial charge in [0.25, 0.3) is 0 Å². The van der Waals surface area contributed by atoms with Crippen LogP contribution in [0.3, 0.4) is 0 Å². The molecule has 0 saturated heterocycles. The molecule has 1 unspecified atom stereocenters. The van der Waals surface area contributed by atoms with E-state index < -0.39 is 5.97 Å². The maximum atomic E-state index is 11.1. The summed E-state index contributed by atoms with van der Waals surface area (Å²) in [6.45, 7) is 0.790. The summed E-state index contributed by atoms with van der Waals surface area (Å²) < 4.78 is 3.14. The van der Waals surface area contributed by atoms with Crippen LogP contribution in [-0.2, 0) is 11.3 Å². The van der Waals surface area contributed by atoms with Crippen LogP contribution < -0.4 is 0 Å². The van der Waals surface area contributed by atoms with Gasteiger partial charge in [-0.1, -0.05) is 12.1 Å². The van der Waals surface area contributed by atoms with E-state index in [1.807, 2.05) is 24.3 Å². The molecular formula is C12H10BrNO2. The maximum absolute atomic E-state index is 11.1. The van der Waals surface area contributed by atoms with Crippen LogP contribution in [0, 0.1) is 0 Å². The second-order valence-corrected chi connectivity index (χ2v) is 4.93. The number of para-hydroxylation sites is 1. The van der Waals surface area contributed by atoms with E-state index in [-0.39, 0.29) is 5.92 Å².